The van der Waals surface area contributed by atoms with Gasteiger partial charge in [0, 0.05) is 5.75 Å². The van der Waals surface area contributed by atoms with Crippen LogP contribution < -0.4 is 11.1 Å². The minimum Gasteiger partial charge on any atom is -0.467 e. The molecule has 0 fully saturated rings. The smallest absolute Gasteiger partial charge is 0.467 e. The number of methoxy groups -OCH3 is 1. The van der Waals surface area contributed by atoms with Gasteiger partial charge >= 0.3 is 29.2 Å². The Morgan fingerprint density at radius 3 is 2.31 bits per heavy atom. The molecule has 1 aromatic heterocycles. The SMILES string of the molecule is COC(=O)[C@H](CSC(=O)OCc1oc(=O)oc1C)NC(=O)OCOC(=O)C(C)C. The average Bonchev–Trinajstić information content (AvgIpc) is 2.99. The summed E-state index contributed by atoms with van der Waals surface area (Å²) in [6, 6.07) is -1.24. The Labute approximate surface area is 169 Å². The van der Waals surface area contributed by atoms with Crippen LogP contribution in [0, 0.1) is 12.8 Å². The Morgan fingerprint density at radius 2 is 1.76 bits per heavy atom. The summed E-state index contributed by atoms with van der Waals surface area (Å²) >= 11 is 0.567. The predicted octanol–water partition coefficient (Wildman–Crippen LogP) is 1.34. The van der Waals surface area contributed by atoms with E-state index in [1.54, 1.807) is 13.8 Å². The van der Waals surface area contributed by atoms with Crippen molar-refractivity contribution in [3.63, 3.8) is 0 Å². The molecule has 1 heterocycles. The van der Waals surface area contributed by atoms with E-state index in [9.17, 15) is 24.0 Å². The van der Waals surface area contributed by atoms with Crippen LogP contribution in [0.25, 0.3) is 0 Å². The molecule has 162 valence electrons. The number of thioether (sulfide) groups is 1. The standard InChI is InChI=1S/C16H21NO11S/c1-8(2)12(18)25-7-26-14(20)17-10(13(19)23-4)6-29-16(22)24-5-11-9(3)27-15(21)28-11/h8,10H,5-7H2,1-4H3,(H,17,20)/t10-/m0/s1. The number of nitrogens with one attached hydrogen (secondary N) is 1. The zero-order chi connectivity index (χ0) is 22.0. The van der Waals surface area contributed by atoms with Gasteiger partial charge in [0.15, 0.2) is 18.1 Å². The number of alkyl carbamates (subject to hydrolysis) is 1. The van der Waals surface area contributed by atoms with Gasteiger partial charge in [0.25, 0.3) is 0 Å². The molecule has 1 N–H and O–H groups in total. The van der Waals surface area contributed by atoms with Crippen LogP contribution in [0.15, 0.2) is 13.6 Å². The quantitative estimate of drug-likeness (QED) is 0.337. The number of amides is 1. The molecule has 13 heteroatoms. The molecule has 0 aliphatic carbocycles. The number of carbonyl (C=O) groups is 4. The molecule has 0 aromatic carbocycles. The summed E-state index contributed by atoms with van der Waals surface area (Å²) in [4.78, 5) is 57.4. The summed E-state index contributed by atoms with van der Waals surface area (Å²) in [5.41, 5.74) is 0. The Bertz CT molecular complexity index is 782. The van der Waals surface area contributed by atoms with Crippen LogP contribution in [-0.2, 0) is 35.1 Å². The first-order chi connectivity index (χ1) is 13.6. The van der Waals surface area contributed by atoms with E-state index in [0.29, 0.717) is 11.8 Å². The van der Waals surface area contributed by atoms with Gasteiger partial charge in [0.2, 0.25) is 6.79 Å². The van der Waals surface area contributed by atoms with Crippen LogP contribution in [0.3, 0.4) is 0 Å². The topological polar surface area (TPSA) is 161 Å². The van der Waals surface area contributed by atoms with E-state index in [1.807, 2.05) is 0 Å². The lowest BCUT2D eigenvalue weighted by molar-refractivity contribution is -0.156. The highest BCUT2D eigenvalue weighted by Crippen LogP contribution is 2.13. The first-order valence-electron chi connectivity index (χ1n) is 8.20. The Morgan fingerprint density at radius 1 is 1.07 bits per heavy atom. The zero-order valence-corrected chi connectivity index (χ0v) is 17.0. The van der Waals surface area contributed by atoms with Crippen LogP contribution in [0.4, 0.5) is 9.59 Å². The predicted molar refractivity (Wildman–Crippen MR) is 95.8 cm³/mol. The van der Waals surface area contributed by atoms with Crippen LogP contribution in [0.2, 0.25) is 0 Å². The molecule has 0 saturated heterocycles. The lowest BCUT2D eigenvalue weighted by atomic mass is 10.2. The first kappa shape index (κ1) is 24.1. The van der Waals surface area contributed by atoms with E-state index >= 15 is 0 Å². The highest BCUT2D eigenvalue weighted by Gasteiger charge is 2.24. The van der Waals surface area contributed by atoms with E-state index in [0.717, 1.165) is 7.11 Å². The van der Waals surface area contributed by atoms with Gasteiger partial charge in [0.05, 0.1) is 13.0 Å². The average molecular weight is 435 g/mol. The third-order valence-corrected chi connectivity index (χ3v) is 4.02. The van der Waals surface area contributed by atoms with Crippen molar-refractivity contribution >= 4 is 35.1 Å². The van der Waals surface area contributed by atoms with Gasteiger partial charge in [0.1, 0.15) is 6.04 Å². The molecule has 1 amide bonds. The fourth-order valence-corrected chi connectivity index (χ4v) is 2.29. The molecule has 1 atom stereocenters. The molecule has 0 aliphatic rings. The number of esters is 2. The molecule has 1 aromatic rings. The normalized spacial score (nSPS) is 11.5. The molecule has 0 spiro atoms. The van der Waals surface area contributed by atoms with Gasteiger partial charge in [-0.05, 0) is 18.7 Å². The fraction of sp³-hybridized carbons (Fsp3) is 0.562. The number of carbonyl (C=O) groups excluding carboxylic acids is 4. The largest absolute Gasteiger partial charge is 0.519 e. The maximum atomic E-state index is 11.8. The summed E-state index contributed by atoms with van der Waals surface area (Å²) in [6.07, 6.45) is -1.05. The van der Waals surface area contributed by atoms with E-state index in [-0.39, 0.29) is 23.9 Å². The lowest BCUT2D eigenvalue weighted by Gasteiger charge is -2.15. The number of hydrogen-bond acceptors (Lipinski definition) is 12. The highest BCUT2D eigenvalue weighted by molar-refractivity contribution is 8.13. The van der Waals surface area contributed by atoms with Gasteiger partial charge in [-0.25, -0.2) is 19.2 Å². The van der Waals surface area contributed by atoms with Crippen molar-refractivity contribution < 1.29 is 47.0 Å². The van der Waals surface area contributed by atoms with Gasteiger partial charge in [-0.3, -0.25) is 4.79 Å². The molecule has 0 aliphatic heterocycles. The van der Waals surface area contributed by atoms with Crippen molar-refractivity contribution in [2.45, 2.75) is 33.4 Å². The Kier molecular flexibility index (Phi) is 9.79. The maximum absolute atomic E-state index is 11.8. The highest BCUT2D eigenvalue weighted by atomic mass is 32.2. The second-order valence-corrected chi connectivity index (χ2v) is 6.63. The number of aryl methyl sites for hydroxylation is 1. The third kappa shape index (κ3) is 8.72. The van der Waals surface area contributed by atoms with E-state index in [4.69, 9.17) is 4.74 Å². The van der Waals surface area contributed by atoms with Crippen LogP contribution >= 0.6 is 11.8 Å². The van der Waals surface area contributed by atoms with Crippen molar-refractivity contribution in [2.24, 2.45) is 5.92 Å². The van der Waals surface area contributed by atoms with Crippen LogP contribution in [-0.4, -0.2) is 49.0 Å². The molecule has 12 nitrogen and oxygen atoms in total. The van der Waals surface area contributed by atoms with Crippen LogP contribution in [0.5, 0.6) is 0 Å². The monoisotopic (exact) mass is 435 g/mol. The second kappa shape index (κ2) is 11.8. The van der Waals surface area contributed by atoms with Crippen LogP contribution in [0.1, 0.15) is 25.4 Å². The van der Waals surface area contributed by atoms with E-state index in [1.165, 1.54) is 6.92 Å². The van der Waals surface area contributed by atoms with Crippen molar-refractivity contribution in [3.05, 3.63) is 22.1 Å². The summed E-state index contributed by atoms with van der Waals surface area (Å²) in [6.45, 7) is 3.69. The minimum atomic E-state index is -1.24. The summed E-state index contributed by atoms with van der Waals surface area (Å²) < 4.78 is 28.0. The molecule has 0 bridgehead atoms. The van der Waals surface area contributed by atoms with Crippen molar-refractivity contribution in [1.82, 2.24) is 5.32 Å². The molecule has 0 unspecified atom stereocenters. The zero-order valence-electron chi connectivity index (χ0n) is 16.2. The second-order valence-electron chi connectivity index (χ2n) is 5.67. The molecular weight excluding hydrogens is 414 g/mol. The van der Waals surface area contributed by atoms with Crippen molar-refractivity contribution in [1.29, 1.82) is 0 Å². The number of rotatable bonds is 9. The molecule has 1 rings (SSSR count). The maximum Gasteiger partial charge on any atom is 0.519 e. The van der Waals surface area contributed by atoms with E-state index < -0.39 is 47.9 Å². The van der Waals surface area contributed by atoms with Gasteiger partial charge in [-0.1, -0.05) is 13.8 Å². The van der Waals surface area contributed by atoms with Gasteiger partial charge in [-0.15, -0.1) is 0 Å². The van der Waals surface area contributed by atoms with Crippen molar-refractivity contribution in [3.8, 4) is 0 Å². The molecule has 0 radical (unpaired) electrons. The number of hydrogen-bond donors (Lipinski definition) is 1. The van der Waals surface area contributed by atoms with Gasteiger partial charge < -0.3 is 33.1 Å². The number of ether oxygens (including phenoxy) is 4. The summed E-state index contributed by atoms with van der Waals surface area (Å²) in [5, 5.41) is 1.38. The molecule has 29 heavy (non-hydrogen) atoms. The van der Waals surface area contributed by atoms with Gasteiger partial charge in [-0.2, -0.15) is 0 Å². The Hall–Kier alpha value is -2.96. The molecular formula is C16H21NO11S. The molecule has 0 saturated carbocycles. The summed E-state index contributed by atoms with van der Waals surface area (Å²) in [7, 11) is 1.10. The van der Waals surface area contributed by atoms with E-state index in [2.05, 4.69) is 28.4 Å². The first-order valence-corrected chi connectivity index (χ1v) is 9.19. The third-order valence-electron chi connectivity index (χ3n) is 3.16. The minimum absolute atomic E-state index is 0.0473. The Balaban J connectivity index is 2.45. The lowest BCUT2D eigenvalue weighted by Crippen LogP contribution is -2.44. The van der Waals surface area contributed by atoms with Crippen molar-refractivity contribution in [2.75, 3.05) is 19.7 Å². The summed E-state index contributed by atoms with van der Waals surface area (Å²) in [5.74, 6) is -2.74. The fourth-order valence-electron chi connectivity index (χ4n) is 1.63.